The Morgan fingerprint density at radius 1 is 0.727 bits per heavy atom. The van der Waals surface area contributed by atoms with Crippen molar-refractivity contribution in [2.45, 2.75) is 11.8 Å². The minimum Gasteiger partial charge on any atom is -0.457 e. The number of nitrogens with one attached hydrogen (secondary N) is 2. The number of benzene rings is 3. The summed E-state index contributed by atoms with van der Waals surface area (Å²) in [7, 11) is 0. The lowest BCUT2D eigenvalue weighted by molar-refractivity contribution is -0.138. The fourth-order valence-corrected chi connectivity index (χ4v) is 3.35. The molecule has 0 spiro atoms. The molecule has 0 aliphatic heterocycles. The molecule has 0 heterocycles. The van der Waals surface area contributed by atoms with E-state index < -0.39 is 33.7 Å². The number of hydrogen-bond acceptors (Lipinski definition) is 3. The predicted octanol–water partition coefficient (Wildman–Crippen LogP) is 6.22. The third-order valence-corrected chi connectivity index (χ3v) is 5.52. The van der Waals surface area contributed by atoms with Crippen LogP contribution in [0.2, 0.25) is 0 Å². The summed E-state index contributed by atoms with van der Waals surface area (Å²) >= 11 is 1.55. The fourth-order valence-electron chi connectivity index (χ4n) is 2.66. The lowest BCUT2D eigenvalue weighted by Gasteiger charge is -2.21. The predicted molar refractivity (Wildman–Crippen MR) is 124 cm³/mol. The largest absolute Gasteiger partial charge is 0.457 e. The first-order chi connectivity index (χ1) is 15.6. The van der Waals surface area contributed by atoms with Crippen molar-refractivity contribution in [1.82, 2.24) is 0 Å². The number of rotatable bonds is 7. The lowest BCUT2D eigenvalue weighted by atomic mass is 10.1. The van der Waals surface area contributed by atoms with Crippen LogP contribution in [-0.2, 0) is 15.8 Å². The number of ether oxygens (including phenoxy) is 1. The second-order valence-electron chi connectivity index (χ2n) is 6.86. The maximum atomic E-state index is 15.3. The molecular weight excluding hydrogens is 555 g/mol. The van der Waals surface area contributed by atoms with Gasteiger partial charge in [-0.15, -0.1) is 0 Å². The number of carbonyl (C=O) groups is 2. The van der Waals surface area contributed by atoms with Gasteiger partial charge in [0.25, 0.3) is 17.5 Å². The second kappa shape index (κ2) is 10.2. The van der Waals surface area contributed by atoms with E-state index in [9.17, 15) is 22.8 Å². The van der Waals surface area contributed by atoms with Gasteiger partial charge >= 0.3 is 6.18 Å². The number of anilines is 2. The lowest BCUT2D eigenvalue weighted by Crippen LogP contribution is -2.50. The first-order valence-corrected chi connectivity index (χ1v) is 11.0. The van der Waals surface area contributed by atoms with Gasteiger partial charge in [-0.3, -0.25) is 9.59 Å². The van der Waals surface area contributed by atoms with Crippen molar-refractivity contribution in [2.75, 3.05) is 15.1 Å². The van der Waals surface area contributed by atoms with Crippen LogP contribution >= 0.6 is 22.6 Å². The molecule has 0 aromatic heterocycles. The Balaban J connectivity index is 1.65. The van der Waals surface area contributed by atoms with Crippen molar-refractivity contribution in [3.8, 4) is 11.5 Å². The summed E-state index contributed by atoms with van der Waals surface area (Å²) in [5.41, 5.74) is -3.72. The summed E-state index contributed by atoms with van der Waals surface area (Å²) in [4.78, 5) is 25.0. The van der Waals surface area contributed by atoms with Crippen LogP contribution in [0.5, 0.6) is 11.5 Å². The van der Waals surface area contributed by atoms with Crippen molar-refractivity contribution in [2.24, 2.45) is 0 Å². The Morgan fingerprint density at radius 3 is 1.64 bits per heavy atom. The average Bonchev–Trinajstić information content (AvgIpc) is 2.80. The summed E-state index contributed by atoms with van der Waals surface area (Å²) in [6.45, 7) is 0. The van der Waals surface area contributed by atoms with Gasteiger partial charge in [-0.25, -0.2) is 4.39 Å². The van der Waals surface area contributed by atoms with Crippen molar-refractivity contribution >= 4 is 45.8 Å². The molecule has 33 heavy (non-hydrogen) atoms. The van der Waals surface area contributed by atoms with Crippen LogP contribution in [0.25, 0.3) is 0 Å². The van der Waals surface area contributed by atoms with E-state index in [0.717, 1.165) is 24.3 Å². The van der Waals surface area contributed by atoms with Crippen molar-refractivity contribution < 1.29 is 31.9 Å². The van der Waals surface area contributed by atoms with Crippen LogP contribution in [0.4, 0.5) is 28.9 Å². The normalized spacial score (nSPS) is 13.0. The summed E-state index contributed by atoms with van der Waals surface area (Å²) < 4.78 is 58.4. The first-order valence-electron chi connectivity index (χ1n) is 9.50. The van der Waals surface area contributed by atoms with E-state index in [1.54, 1.807) is 46.9 Å². The molecule has 2 N–H and O–H groups in total. The molecule has 5 nitrogen and oxygen atoms in total. The molecule has 172 valence electrons. The molecule has 0 aliphatic carbocycles. The number of para-hydroxylation sites is 1. The van der Waals surface area contributed by atoms with Gasteiger partial charge in [0, 0.05) is 11.4 Å². The van der Waals surface area contributed by atoms with Crippen LogP contribution in [0.1, 0.15) is 5.56 Å². The molecule has 10 heteroatoms. The smallest absolute Gasteiger partial charge is 0.416 e. The van der Waals surface area contributed by atoms with E-state index in [-0.39, 0.29) is 11.4 Å². The molecule has 0 radical (unpaired) electrons. The summed E-state index contributed by atoms with van der Waals surface area (Å²) in [5, 5.41) is 4.48. The molecule has 0 saturated carbocycles. The molecule has 0 saturated heterocycles. The van der Waals surface area contributed by atoms with Crippen LogP contribution in [-0.4, -0.2) is 21.9 Å². The molecule has 0 aliphatic rings. The zero-order chi connectivity index (χ0) is 24.1. The first kappa shape index (κ1) is 24.5. The highest BCUT2D eigenvalue weighted by Gasteiger charge is 2.46. The van der Waals surface area contributed by atoms with E-state index in [1.807, 2.05) is 18.2 Å². The van der Waals surface area contributed by atoms with Gasteiger partial charge in [0.05, 0.1) is 9.99 Å². The van der Waals surface area contributed by atoms with Crippen LogP contribution < -0.4 is 15.4 Å². The fraction of sp³-hybridized carbons (Fsp3) is 0.130. The van der Waals surface area contributed by atoms with E-state index >= 15 is 4.39 Å². The summed E-state index contributed by atoms with van der Waals surface area (Å²) in [6, 6.07) is 18.6. The average molecular weight is 572 g/mol. The van der Waals surface area contributed by atoms with Gasteiger partial charge in [0.2, 0.25) is 0 Å². The maximum absolute atomic E-state index is 15.3. The third-order valence-electron chi connectivity index (χ3n) is 4.47. The number of carbonyl (C=O) groups excluding carboxylic acids is 2. The zero-order valence-electron chi connectivity index (χ0n) is 16.8. The minimum atomic E-state index is -4.55. The SMILES string of the molecule is O=C(Nc1ccc(Oc2ccccc2)cc1)[C@](F)(CI)C(=O)Nc1ccc(C(F)(F)F)cc1. The Kier molecular flexibility index (Phi) is 7.57. The van der Waals surface area contributed by atoms with Crippen molar-refractivity contribution in [3.05, 3.63) is 84.4 Å². The van der Waals surface area contributed by atoms with Crippen molar-refractivity contribution in [1.29, 1.82) is 0 Å². The van der Waals surface area contributed by atoms with E-state index in [2.05, 4.69) is 10.6 Å². The van der Waals surface area contributed by atoms with Gasteiger partial charge in [0.1, 0.15) is 11.5 Å². The molecule has 3 aromatic carbocycles. The standard InChI is InChI=1S/C23H17F4IN2O3/c24-22(14-28,20(31)29-16-8-6-15(7-9-16)23(25,26)27)21(32)30-17-10-12-19(13-11-17)33-18-4-2-1-3-5-18/h1-13H,14H2,(H,29,31)(H,30,32)/t22-/m0/s1. The Labute approximate surface area is 200 Å². The summed E-state index contributed by atoms with van der Waals surface area (Å²) in [6.07, 6.45) is -4.55. The molecule has 3 rings (SSSR count). The molecular formula is C23H17F4IN2O3. The molecule has 0 unspecified atom stereocenters. The highest BCUT2D eigenvalue weighted by Crippen LogP contribution is 2.30. The summed E-state index contributed by atoms with van der Waals surface area (Å²) in [5.74, 6) is -1.40. The third kappa shape index (κ3) is 6.21. The second-order valence-corrected chi connectivity index (χ2v) is 7.62. The quantitative estimate of drug-likeness (QED) is 0.153. The van der Waals surface area contributed by atoms with Crippen LogP contribution in [0.15, 0.2) is 78.9 Å². The zero-order valence-corrected chi connectivity index (χ0v) is 19.0. The molecule has 2 amide bonds. The number of alkyl halides is 5. The van der Waals surface area contributed by atoms with Gasteiger partial charge in [-0.2, -0.15) is 13.2 Å². The molecule has 0 fully saturated rings. The van der Waals surface area contributed by atoms with Crippen molar-refractivity contribution in [3.63, 3.8) is 0 Å². The van der Waals surface area contributed by atoms with E-state index in [1.165, 1.54) is 12.1 Å². The Hall–Kier alpha value is -3.15. The number of hydrogen-bond donors (Lipinski definition) is 2. The topological polar surface area (TPSA) is 67.4 Å². The highest BCUT2D eigenvalue weighted by atomic mass is 127. The van der Waals surface area contributed by atoms with E-state index in [4.69, 9.17) is 4.74 Å². The van der Waals surface area contributed by atoms with Crippen LogP contribution in [0, 0.1) is 0 Å². The van der Waals surface area contributed by atoms with E-state index in [0.29, 0.717) is 11.5 Å². The van der Waals surface area contributed by atoms with Gasteiger partial charge in [-0.1, -0.05) is 40.8 Å². The Morgan fingerprint density at radius 2 is 1.18 bits per heavy atom. The maximum Gasteiger partial charge on any atom is 0.416 e. The number of halogens is 5. The van der Waals surface area contributed by atoms with Gasteiger partial charge < -0.3 is 15.4 Å². The molecule has 3 aromatic rings. The number of amides is 2. The molecule has 1 atom stereocenters. The van der Waals surface area contributed by atoms with Crippen LogP contribution in [0.3, 0.4) is 0 Å². The van der Waals surface area contributed by atoms with Gasteiger partial charge in [-0.05, 0) is 60.7 Å². The monoisotopic (exact) mass is 572 g/mol. The minimum absolute atomic E-state index is 0.0740. The Bertz CT molecular complexity index is 1110. The highest BCUT2D eigenvalue weighted by molar-refractivity contribution is 14.1. The molecule has 0 bridgehead atoms. The van der Waals surface area contributed by atoms with Gasteiger partial charge in [0.15, 0.2) is 0 Å².